The van der Waals surface area contributed by atoms with Gasteiger partial charge in [0, 0.05) is 19.4 Å². The van der Waals surface area contributed by atoms with Crippen LogP contribution >= 0.6 is 0 Å². The number of carboxylic acid groups (broad SMARTS) is 1. The Morgan fingerprint density at radius 1 is 1.40 bits per heavy atom. The van der Waals surface area contributed by atoms with Crippen molar-refractivity contribution in [2.75, 3.05) is 5.32 Å². The average molecular weight is 276 g/mol. The molecular weight excluding hydrogens is 260 g/mol. The fraction of sp³-hybridized carbons (Fsp3) is 0.308. The van der Waals surface area contributed by atoms with Crippen molar-refractivity contribution in [3.63, 3.8) is 0 Å². The summed E-state index contributed by atoms with van der Waals surface area (Å²) in [6.07, 6.45) is 4.69. The molecule has 0 aliphatic rings. The first-order valence-electron chi connectivity index (χ1n) is 6.03. The van der Waals surface area contributed by atoms with Gasteiger partial charge in [-0.2, -0.15) is 5.10 Å². The maximum absolute atomic E-state index is 12.0. The molecule has 2 heterocycles. The van der Waals surface area contributed by atoms with Crippen LogP contribution in [0.25, 0.3) is 0 Å². The van der Waals surface area contributed by atoms with E-state index in [1.54, 1.807) is 29.9 Å². The molecule has 2 aromatic heterocycles. The second-order valence-corrected chi connectivity index (χ2v) is 5.00. The van der Waals surface area contributed by atoms with Gasteiger partial charge in [0.25, 0.3) is 5.91 Å². The molecule has 20 heavy (non-hydrogen) atoms. The van der Waals surface area contributed by atoms with E-state index in [2.05, 4.69) is 10.4 Å². The van der Waals surface area contributed by atoms with Crippen LogP contribution in [0.15, 0.2) is 30.7 Å². The quantitative estimate of drug-likeness (QED) is 0.880. The van der Waals surface area contributed by atoms with E-state index in [0.29, 0.717) is 11.4 Å². The van der Waals surface area contributed by atoms with Crippen molar-refractivity contribution < 1.29 is 14.7 Å². The van der Waals surface area contributed by atoms with Crippen LogP contribution in [-0.2, 0) is 17.4 Å². The molecule has 2 rings (SSSR count). The molecule has 2 aromatic rings. The Bertz CT molecular complexity index is 654. The Morgan fingerprint density at radius 2 is 2.10 bits per heavy atom. The van der Waals surface area contributed by atoms with E-state index in [-0.39, 0.29) is 5.91 Å². The maximum atomic E-state index is 12.0. The molecule has 0 radical (unpaired) electrons. The predicted octanol–water partition coefficient (Wildman–Crippen LogP) is 1.29. The third kappa shape index (κ3) is 2.42. The zero-order chi connectivity index (χ0) is 14.9. The first kappa shape index (κ1) is 13.9. The Balaban J connectivity index is 2.17. The molecule has 1 amide bonds. The number of aromatic nitrogens is 3. The number of carboxylic acids is 1. The molecule has 0 aliphatic heterocycles. The van der Waals surface area contributed by atoms with Gasteiger partial charge in [0.1, 0.15) is 5.69 Å². The maximum Gasteiger partial charge on any atom is 0.331 e. The minimum atomic E-state index is -1.17. The van der Waals surface area contributed by atoms with Crippen LogP contribution in [0.5, 0.6) is 0 Å². The summed E-state index contributed by atoms with van der Waals surface area (Å²) in [5, 5.41) is 15.8. The van der Waals surface area contributed by atoms with Crippen molar-refractivity contribution >= 4 is 17.6 Å². The van der Waals surface area contributed by atoms with E-state index in [9.17, 15) is 9.59 Å². The van der Waals surface area contributed by atoms with E-state index < -0.39 is 11.5 Å². The highest BCUT2D eigenvalue weighted by Gasteiger charge is 2.30. The molecule has 0 spiro atoms. The standard InChI is InChI=1S/C13H16N4O3/c1-13(2,12(19)20)17-8-9(7-14-17)15-11(18)10-5-4-6-16(10)3/h4-8H,1-3H3,(H,15,18)(H,19,20). The van der Waals surface area contributed by atoms with Gasteiger partial charge in [0.05, 0.1) is 11.9 Å². The van der Waals surface area contributed by atoms with Gasteiger partial charge in [-0.3, -0.25) is 9.48 Å². The monoisotopic (exact) mass is 276 g/mol. The highest BCUT2D eigenvalue weighted by atomic mass is 16.4. The van der Waals surface area contributed by atoms with Crippen LogP contribution in [0.1, 0.15) is 24.3 Å². The average Bonchev–Trinajstić information content (AvgIpc) is 2.97. The lowest BCUT2D eigenvalue weighted by Crippen LogP contribution is -2.35. The Morgan fingerprint density at radius 3 is 2.65 bits per heavy atom. The number of rotatable bonds is 4. The van der Waals surface area contributed by atoms with Gasteiger partial charge in [-0.05, 0) is 26.0 Å². The van der Waals surface area contributed by atoms with Crippen LogP contribution in [0.2, 0.25) is 0 Å². The van der Waals surface area contributed by atoms with Crippen molar-refractivity contribution in [1.29, 1.82) is 0 Å². The summed E-state index contributed by atoms with van der Waals surface area (Å²) in [4.78, 5) is 23.1. The summed E-state index contributed by atoms with van der Waals surface area (Å²) in [6, 6.07) is 3.47. The minimum absolute atomic E-state index is 0.273. The molecule has 0 aromatic carbocycles. The lowest BCUT2D eigenvalue weighted by molar-refractivity contribution is -0.146. The summed E-state index contributed by atoms with van der Waals surface area (Å²) >= 11 is 0. The van der Waals surface area contributed by atoms with Crippen LogP contribution in [-0.4, -0.2) is 31.3 Å². The number of nitrogens with one attached hydrogen (secondary N) is 1. The summed E-state index contributed by atoms with van der Waals surface area (Å²) < 4.78 is 3.00. The number of hydrogen-bond donors (Lipinski definition) is 2. The Kier molecular flexibility index (Phi) is 3.35. The number of carbonyl (C=O) groups excluding carboxylic acids is 1. The number of anilines is 1. The van der Waals surface area contributed by atoms with Gasteiger partial charge in [-0.25, -0.2) is 4.79 Å². The molecule has 0 fully saturated rings. The smallest absolute Gasteiger partial charge is 0.331 e. The van der Waals surface area contributed by atoms with Crippen molar-refractivity contribution in [2.45, 2.75) is 19.4 Å². The SMILES string of the molecule is Cn1cccc1C(=O)Nc1cnn(C(C)(C)C(=O)O)c1. The highest BCUT2D eigenvalue weighted by Crippen LogP contribution is 2.17. The summed E-state index contributed by atoms with van der Waals surface area (Å²) in [5.74, 6) is -1.27. The predicted molar refractivity (Wildman–Crippen MR) is 72.6 cm³/mol. The molecule has 0 saturated heterocycles. The zero-order valence-electron chi connectivity index (χ0n) is 11.5. The topological polar surface area (TPSA) is 89.2 Å². The number of amides is 1. The molecule has 0 aliphatic carbocycles. The van der Waals surface area contributed by atoms with Gasteiger partial charge in [0.2, 0.25) is 0 Å². The number of nitrogens with zero attached hydrogens (tertiary/aromatic N) is 3. The van der Waals surface area contributed by atoms with E-state index in [1.165, 1.54) is 30.9 Å². The van der Waals surface area contributed by atoms with E-state index >= 15 is 0 Å². The van der Waals surface area contributed by atoms with Crippen LogP contribution in [0.4, 0.5) is 5.69 Å². The number of aliphatic carboxylic acids is 1. The first-order chi connectivity index (χ1) is 9.32. The second kappa shape index (κ2) is 4.84. The van der Waals surface area contributed by atoms with Gasteiger partial charge < -0.3 is 15.0 Å². The lowest BCUT2D eigenvalue weighted by atomic mass is 10.1. The zero-order valence-corrected chi connectivity index (χ0v) is 11.5. The van der Waals surface area contributed by atoms with Crippen molar-refractivity contribution in [2.24, 2.45) is 7.05 Å². The molecule has 7 heteroatoms. The Labute approximate surface area is 115 Å². The fourth-order valence-corrected chi connectivity index (χ4v) is 1.68. The third-order valence-corrected chi connectivity index (χ3v) is 3.11. The highest BCUT2D eigenvalue weighted by molar-refractivity contribution is 6.03. The molecule has 0 saturated carbocycles. The van der Waals surface area contributed by atoms with Crippen molar-refractivity contribution in [3.8, 4) is 0 Å². The molecule has 106 valence electrons. The molecule has 0 bridgehead atoms. The third-order valence-electron chi connectivity index (χ3n) is 3.11. The van der Waals surface area contributed by atoms with Crippen LogP contribution < -0.4 is 5.32 Å². The number of hydrogen-bond acceptors (Lipinski definition) is 3. The normalized spacial score (nSPS) is 11.3. The minimum Gasteiger partial charge on any atom is -0.479 e. The molecule has 2 N–H and O–H groups in total. The van der Waals surface area contributed by atoms with Gasteiger partial charge >= 0.3 is 5.97 Å². The number of aryl methyl sites for hydroxylation is 1. The van der Waals surface area contributed by atoms with E-state index in [4.69, 9.17) is 5.11 Å². The molecular formula is C13H16N4O3. The fourth-order valence-electron chi connectivity index (χ4n) is 1.68. The summed E-state index contributed by atoms with van der Waals surface area (Å²) in [5.41, 5.74) is -0.214. The number of carbonyl (C=O) groups is 2. The van der Waals surface area contributed by atoms with Gasteiger partial charge in [0.15, 0.2) is 5.54 Å². The van der Waals surface area contributed by atoms with Crippen LogP contribution in [0, 0.1) is 0 Å². The van der Waals surface area contributed by atoms with Crippen molar-refractivity contribution in [3.05, 3.63) is 36.4 Å². The van der Waals surface area contributed by atoms with Crippen molar-refractivity contribution in [1.82, 2.24) is 14.3 Å². The van der Waals surface area contributed by atoms with Gasteiger partial charge in [-0.1, -0.05) is 0 Å². The molecule has 7 nitrogen and oxygen atoms in total. The second-order valence-electron chi connectivity index (χ2n) is 5.00. The van der Waals surface area contributed by atoms with E-state index in [0.717, 1.165) is 0 Å². The van der Waals surface area contributed by atoms with Crippen LogP contribution in [0.3, 0.4) is 0 Å². The molecule has 0 atom stereocenters. The largest absolute Gasteiger partial charge is 0.479 e. The first-order valence-corrected chi connectivity index (χ1v) is 6.03. The Hall–Kier alpha value is -2.57. The summed E-state index contributed by atoms with van der Waals surface area (Å²) in [7, 11) is 1.77. The van der Waals surface area contributed by atoms with Gasteiger partial charge in [-0.15, -0.1) is 0 Å². The summed E-state index contributed by atoms with van der Waals surface area (Å²) in [6.45, 7) is 3.07. The molecule has 0 unspecified atom stereocenters. The lowest BCUT2D eigenvalue weighted by Gasteiger charge is -2.19. The van der Waals surface area contributed by atoms with E-state index in [1.807, 2.05) is 0 Å².